The van der Waals surface area contributed by atoms with Gasteiger partial charge in [0.2, 0.25) is 0 Å². The summed E-state index contributed by atoms with van der Waals surface area (Å²) in [4.78, 5) is 10.4. The van der Waals surface area contributed by atoms with E-state index >= 15 is 0 Å². The molecule has 6 heteroatoms. The molecule has 0 aromatic heterocycles. The number of hydrogen-bond donors (Lipinski definition) is 4. The first-order chi connectivity index (χ1) is 6.49. The van der Waals surface area contributed by atoms with Crippen LogP contribution in [0.5, 0.6) is 0 Å². The number of carboxylic acid groups (broad SMARTS) is 1. The van der Waals surface area contributed by atoms with E-state index in [4.69, 9.17) is 20.9 Å². The van der Waals surface area contributed by atoms with Crippen molar-refractivity contribution < 1.29 is 19.9 Å². The molecule has 1 aromatic carbocycles. The Morgan fingerprint density at radius 3 is 2.50 bits per heavy atom. The number of anilines is 1. The maximum absolute atomic E-state index is 10.4. The number of carbonyl (C=O) groups is 1. The van der Waals surface area contributed by atoms with E-state index in [1.807, 2.05) is 0 Å². The molecular weight excluding hydrogens is 185 g/mol. The lowest BCUT2D eigenvalue weighted by Crippen LogP contribution is -2.30. The zero-order chi connectivity index (χ0) is 10.7. The molecule has 5 nitrogen and oxygen atoms in total. The highest BCUT2D eigenvalue weighted by Crippen LogP contribution is 2.06. The number of rotatable bonds is 3. The van der Waals surface area contributed by atoms with Gasteiger partial charge in [0.25, 0.3) is 0 Å². The first kappa shape index (κ1) is 10.6. The van der Waals surface area contributed by atoms with Gasteiger partial charge in [0.1, 0.15) is 0 Å². The van der Waals surface area contributed by atoms with Crippen LogP contribution in [0.1, 0.15) is 5.56 Å². The Bertz CT molecular complexity index is 353. The first-order valence-corrected chi connectivity index (χ1v) is 3.96. The molecule has 5 N–H and O–H groups in total. The van der Waals surface area contributed by atoms with E-state index in [0.29, 0.717) is 11.3 Å². The number of nitrogen functional groups attached to an aromatic ring is 1. The largest absolute Gasteiger partial charge is 0.488 e. The third-order valence-electron chi connectivity index (χ3n) is 1.69. The van der Waals surface area contributed by atoms with Crippen molar-refractivity contribution in [1.29, 1.82) is 0 Å². The third kappa shape index (κ3) is 2.76. The maximum Gasteiger partial charge on any atom is 0.488 e. The van der Waals surface area contributed by atoms with Crippen LogP contribution in [-0.4, -0.2) is 28.2 Å². The van der Waals surface area contributed by atoms with Crippen LogP contribution in [0.2, 0.25) is 0 Å². The van der Waals surface area contributed by atoms with Crippen LogP contribution < -0.4 is 11.2 Å². The van der Waals surface area contributed by atoms with Crippen molar-refractivity contribution in [2.45, 2.75) is 6.42 Å². The molecule has 0 aliphatic carbocycles. The highest BCUT2D eigenvalue weighted by atomic mass is 16.4. The van der Waals surface area contributed by atoms with Gasteiger partial charge >= 0.3 is 13.1 Å². The summed E-state index contributed by atoms with van der Waals surface area (Å²) in [5, 5.41) is 26.2. The molecule has 0 radical (unpaired) electrons. The molecule has 0 atom stereocenters. The molecule has 0 saturated heterocycles. The maximum atomic E-state index is 10.4. The number of hydrogen-bond acceptors (Lipinski definition) is 4. The summed E-state index contributed by atoms with van der Waals surface area (Å²) in [6.07, 6.45) is -0.190. The fourth-order valence-corrected chi connectivity index (χ4v) is 1.17. The van der Waals surface area contributed by atoms with E-state index in [0.717, 1.165) is 0 Å². The third-order valence-corrected chi connectivity index (χ3v) is 1.69. The van der Waals surface area contributed by atoms with E-state index in [1.54, 1.807) is 0 Å². The van der Waals surface area contributed by atoms with Gasteiger partial charge in [-0.2, -0.15) is 0 Å². The minimum absolute atomic E-state index is 0.190. The molecule has 0 heterocycles. The van der Waals surface area contributed by atoms with Crippen molar-refractivity contribution in [1.82, 2.24) is 0 Å². The van der Waals surface area contributed by atoms with Gasteiger partial charge in [-0.05, 0) is 23.2 Å². The molecule has 74 valence electrons. The molecule has 0 bridgehead atoms. The standard InChI is InChI=1S/C8H10BNO4/c10-7-2-5(3-8(11)12)1-6(4-7)9(13)14/h1-2,4,13-14H,3,10H2,(H,11,12). The monoisotopic (exact) mass is 195 g/mol. The minimum Gasteiger partial charge on any atom is -0.481 e. The molecule has 0 fully saturated rings. The number of benzene rings is 1. The van der Waals surface area contributed by atoms with E-state index in [9.17, 15) is 4.79 Å². The first-order valence-electron chi connectivity index (χ1n) is 3.96. The Kier molecular flexibility index (Phi) is 3.11. The second-order valence-electron chi connectivity index (χ2n) is 2.95. The summed E-state index contributed by atoms with van der Waals surface area (Å²) >= 11 is 0. The topological polar surface area (TPSA) is 104 Å². The van der Waals surface area contributed by atoms with Crippen LogP contribution in [0, 0.1) is 0 Å². The van der Waals surface area contributed by atoms with Crippen LogP contribution >= 0.6 is 0 Å². The van der Waals surface area contributed by atoms with Crippen molar-refractivity contribution >= 4 is 24.2 Å². The van der Waals surface area contributed by atoms with E-state index in [1.165, 1.54) is 18.2 Å². The molecule has 0 saturated carbocycles. The van der Waals surface area contributed by atoms with Crippen LogP contribution in [0.25, 0.3) is 0 Å². The normalized spacial score (nSPS) is 9.86. The van der Waals surface area contributed by atoms with Gasteiger partial charge in [-0.25, -0.2) is 0 Å². The molecule has 0 spiro atoms. The number of carboxylic acids is 1. The van der Waals surface area contributed by atoms with Crippen molar-refractivity contribution in [2.75, 3.05) is 5.73 Å². The summed E-state index contributed by atoms with van der Waals surface area (Å²) in [6.45, 7) is 0. The lowest BCUT2D eigenvalue weighted by atomic mass is 9.79. The van der Waals surface area contributed by atoms with Crippen molar-refractivity contribution in [3.05, 3.63) is 23.8 Å². The Balaban J connectivity index is 3.01. The average Bonchev–Trinajstić information content (AvgIpc) is 2.01. The zero-order valence-electron chi connectivity index (χ0n) is 7.34. The Morgan fingerprint density at radius 2 is 2.00 bits per heavy atom. The molecule has 0 unspecified atom stereocenters. The second-order valence-corrected chi connectivity index (χ2v) is 2.95. The predicted molar refractivity (Wildman–Crippen MR) is 52.0 cm³/mol. The van der Waals surface area contributed by atoms with Gasteiger partial charge in [0, 0.05) is 5.69 Å². The molecular formula is C8H10BNO4. The molecule has 0 aliphatic heterocycles. The van der Waals surface area contributed by atoms with Gasteiger partial charge in [-0.3, -0.25) is 4.79 Å². The van der Waals surface area contributed by atoms with Gasteiger partial charge < -0.3 is 20.9 Å². The van der Waals surface area contributed by atoms with E-state index in [2.05, 4.69) is 0 Å². The molecule has 14 heavy (non-hydrogen) atoms. The van der Waals surface area contributed by atoms with E-state index in [-0.39, 0.29) is 11.9 Å². The Hall–Kier alpha value is -1.53. The average molecular weight is 195 g/mol. The predicted octanol–water partition coefficient (Wildman–Crippen LogP) is -1.42. The highest BCUT2D eigenvalue weighted by molar-refractivity contribution is 6.58. The summed E-state index contributed by atoms with van der Waals surface area (Å²) in [5.41, 5.74) is 6.41. The molecule has 0 amide bonds. The number of aliphatic carboxylic acids is 1. The lowest BCUT2D eigenvalue weighted by molar-refractivity contribution is -0.136. The zero-order valence-corrected chi connectivity index (χ0v) is 7.34. The van der Waals surface area contributed by atoms with Crippen LogP contribution in [0.3, 0.4) is 0 Å². The number of nitrogens with two attached hydrogens (primary N) is 1. The van der Waals surface area contributed by atoms with Gasteiger partial charge in [0.15, 0.2) is 0 Å². The quantitative estimate of drug-likeness (QED) is 0.350. The fourth-order valence-electron chi connectivity index (χ4n) is 1.17. The van der Waals surface area contributed by atoms with Gasteiger partial charge in [-0.1, -0.05) is 6.07 Å². The van der Waals surface area contributed by atoms with E-state index < -0.39 is 13.1 Å². The summed E-state index contributed by atoms with van der Waals surface area (Å²) in [5.74, 6) is -0.992. The second kappa shape index (κ2) is 4.12. The minimum atomic E-state index is -1.63. The molecule has 1 rings (SSSR count). The van der Waals surface area contributed by atoms with Gasteiger partial charge in [-0.15, -0.1) is 0 Å². The van der Waals surface area contributed by atoms with Crippen LogP contribution in [-0.2, 0) is 11.2 Å². The van der Waals surface area contributed by atoms with Crippen LogP contribution in [0.15, 0.2) is 18.2 Å². The van der Waals surface area contributed by atoms with Gasteiger partial charge in [0.05, 0.1) is 6.42 Å². The lowest BCUT2D eigenvalue weighted by Gasteiger charge is -2.04. The summed E-state index contributed by atoms with van der Waals surface area (Å²) in [6, 6.07) is 4.27. The van der Waals surface area contributed by atoms with Crippen molar-refractivity contribution in [3.8, 4) is 0 Å². The van der Waals surface area contributed by atoms with Crippen molar-refractivity contribution in [3.63, 3.8) is 0 Å². The summed E-state index contributed by atoms with van der Waals surface area (Å²) < 4.78 is 0. The Morgan fingerprint density at radius 1 is 1.36 bits per heavy atom. The smallest absolute Gasteiger partial charge is 0.481 e. The summed E-state index contributed by atoms with van der Waals surface area (Å²) in [7, 11) is -1.63. The van der Waals surface area contributed by atoms with Crippen LogP contribution in [0.4, 0.5) is 5.69 Å². The Labute approximate surface area is 80.9 Å². The molecule has 0 aliphatic rings. The SMILES string of the molecule is Nc1cc(CC(=O)O)cc(B(O)O)c1. The molecule has 1 aromatic rings. The fraction of sp³-hybridized carbons (Fsp3) is 0.125. The highest BCUT2D eigenvalue weighted by Gasteiger charge is 2.13. The van der Waals surface area contributed by atoms with Crippen molar-refractivity contribution in [2.24, 2.45) is 0 Å².